The summed E-state index contributed by atoms with van der Waals surface area (Å²) in [5.74, 6) is 1.19. The summed E-state index contributed by atoms with van der Waals surface area (Å²) >= 11 is 0. The highest BCUT2D eigenvalue weighted by Crippen LogP contribution is 2.20. The van der Waals surface area contributed by atoms with Gasteiger partial charge in [0.25, 0.3) is 0 Å². The highest BCUT2D eigenvalue weighted by molar-refractivity contribution is 5.89. The van der Waals surface area contributed by atoms with Crippen LogP contribution in [0.25, 0.3) is 0 Å². The van der Waals surface area contributed by atoms with Crippen molar-refractivity contribution >= 4 is 11.8 Å². The SMILES string of the molecule is CCOC(=O)c1ccc(N(CC(C)C)C(CC)CC)nc1. The quantitative estimate of drug-likeness (QED) is 0.681. The van der Waals surface area contributed by atoms with Gasteiger partial charge < -0.3 is 9.64 Å². The van der Waals surface area contributed by atoms with Crippen LogP contribution in [0.2, 0.25) is 0 Å². The van der Waals surface area contributed by atoms with E-state index in [-0.39, 0.29) is 5.97 Å². The van der Waals surface area contributed by atoms with Crippen molar-refractivity contribution in [3.8, 4) is 0 Å². The number of hydrogen-bond donors (Lipinski definition) is 0. The fraction of sp³-hybridized carbons (Fsp3) is 0.647. The summed E-state index contributed by atoms with van der Waals surface area (Å²) in [7, 11) is 0. The van der Waals surface area contributed by atoms with Crippen LogP contribution in [0.5, 0.6) is 0 Å². The van der Waals surface area contributed by atoms with Gasteiger partial charge in [-0.25, -0.2) is 9.78 Å². The van der Waals surface area contributed by atoms with E-state index in [0.717, 1.165) is 25.2 Å². The monoisotopic (exact) mass is 292 g/mol. The number of aromatic nitrogens is 1. The summed E-state index contributed by atoms with van der Waals surface area (Å²) in [6, 6.07) is 4.21. The maximum Gasteiger partial charge on any atom is 0.339 e. The fourth-order valence-electron chi connectivity index (χ4n) is 2.44. The minimum absolute atomic E-state index is 0.311. The number of hydrogen-bond acceptors (Lipinski definition) is 4. The first-order valence-electron chi connectivity index (χ1n) is 7.93. The molecule has 0 aromatic carbocycles. The molecule has 0 unspecified atom stereocenters. The number of carbonyl (C=O) groups is 1. The highest BCUT2D eigenvalue weighted by Gasteiger charge is 2.18. The first-order chi connectivity index (χ1) is 10.0. The molecule has 0 atom stereocenters. The Hall–Kier alpha value is -1.58. The summed E-state index contributed by atoms with van der Waals surface area (Å²) in [5, 5.41) is 0. The number of esters is 1. The molecular weight excluding hydrogens is 264 g/mol. The molecule has 4 heteroatoms. The number of carbonyl (C=O) groups excluding carboxylic acids is 1. The zero-order chi connectivity index (χ0) is 15.8. The lowest BCUT2D eigenvalue weighted by Gasteiger charge is -2.33. The van der Waals surface area contributed by atoms with E-state index in [2.05, 4.69) is 37.6 Å². The van der Waals surface area contributed by atoms with Gasteiger partial charge in [-0.05, 0) is 37.8 Å². The number of pyridine rings is 1. The molecule has 0 radical (unpaired) electrons. The van der Waals surface area contributed by atoms with Gasteiger partial charge in [0, 0.05) is 18.8 Å². The Kier molecular flexibility index (Phi) is 7.20. The predicted octanol–water partition coefficient (Wildman–Crippen LogP) is 3.91. The van der Waals surface area contributed by atoms with E-state index >= 15 is 0 Å². The zero-order valence-corrected chi connectivity index (χ0v) is 13.9. The van der Waals surface area contributed by atoms with E-state index < -0.39 is 0 Å². The van der Waals surface area contributed by atoms with Crippen LogP contribution >= 0.6 is 0 Å². The van der Waals surface area contributed by atoms with E-state index in [1.165, 1.54) is 0 Å². The summed E-state index contributed by atoms with van der Waals surface area (Å²) < 4.78 is 4.99. The third-order valence-electron chi connectivity index (χ3n) is 3.50. The lowest BCUT2D eigenvalue weighted by Crippen LogP contribution is -2.38. The van der Waals surface area contributed by atoms with E-state index in [0.29, 0.717) is 24.1 Å². The van der Waals surface area contributed by atoms with Gasteiger partial charge in [-0.1, -0.05) is 27.7 Å². The van der Waals surface area contributed by atoms with Crippen LogP contribution in [0, 0.1) is 5.92 Å². The van der Waals surface area contributed by atoms with Crippen molar-refractivity contribution in [2.24, 2.45) is 5.92 Å². The Labute approximate surface area is 128 Å². The average Bonchev–Trinajstić information content (AvgIpc) is 2.47. The highest BCUT2D eigenvalue weighted by atomic mass is 16.5. The van der Waals surface area contributed by atoms with Crippen LogP contribution in [0.15, 0.2) is 18.3 Å². The lowest BCUT2D eigenvalue weighted by molar-refractivity contribution is 0.0526. The van der Waals surface area contributed by atoms with Crippen LogP contribution in [0.4, 0.5) is 5.82 Å². The summed E-state index contributed by atoms with van der Waals surface area (Å²) in [5.41, 5.74) is 0.509. The molecule has 0 saturated heterocycles. The van der Waals surface area contributed by atoms with Crippen LogP contribution < -0.4 is 4.90 Å². The van der Waals surface area contributed by atoms with E-state index in [1.54, 1.807) is 19.2 Å². The number of ether oxygens (including phenoxy) is 1. The number of rotatable bonds is 8. The van der Waals surface area contributed by atoms with Gasteiger partial charge in [0.15, 0.2) is 0 Å². The van der Waals surface area contributed by atoms with Gasteiger partial charge in [-0.3, -0.25) is 0 Å². The van der Waals surface area contributed by atoms with Crippen molar-refractivity contribution in [3.05, 3.63) is 23.9 Å². The van der Waals surface area contributed by atoms with Crippen LogP contribution in [0.1, 0.15) is 57.8 Å². The summed E-state index contributed by atoms with van der Waals surface area (Å²) in [4.78, 5) is 18.5. The summed E-state index contributed by atoms with van der Waals surface area (Å²) in [6.07, 6.45) is 3.79. The van der Waals surface area contributed by atoms with E-state index in [9.17, 15) is 4.79 Å². The molecule has 1 heterocycles. The number of nitrogens with zero attached hydrogens (tertiary/aromatic N) is 2. The molecule has 0 aliphatic rings. The molecule has 1 aromatic rings. The Morgan fingerprint density at radius 2 is 1.90 bits per heavy atom. The second-order valence-electron chi connectivity index (χ2n) is 5.64. The number of anilines is 1. The molecule has 118 valence electrons. The van der Waals surface area contributed by atoms with Crippen LogP contribution in [-0.2, 0) is 4.74 Å². The lowest BCUT2D eigenvalue weighted by atomic mass is 10.1. The molecule has 21 heavy (non-hydrogen) atoms. The van der Waals surface area contributed by atoms with Gasteiger partial charge >= 0.3 is 5.97 Å². The Morgan fingerprint density at radius 1 is 1.24 bits per heavy atom. The molecule has 0 saturated carbocycles. The van der Waals surface area contributed by atoms with Crippen molar-refractivity contribution in [2.75, 3.05) is 18.1 Å². The average molecular weight is 292 g/mol. The third-order valence-corrected chi connectivity index (χ3v) is 3.50. The third kappa shape index (κ3) is 5.03. The Balaban J connectivity index is 2.95. The molecule has 1 aromatic heterocycles. The van der Waals surface area contributed by atoms with Gasteiger partial charge in [0.1, 0.15) is 5.82 Å². The minimum Gasteiger partial charge on any atom is -0.462 e. The molecule has 0 N–H and O–H groups in total. The second kappa shape index (κ2) is 8.65. The van der Waals surface area contributed by atoms with Crippen molar-refractivity contribution < 1.29 is 9.53 Å². The van der Waals surface area contributed by atoms with E-state index in [1.807, 2.05) is 6.07 Å². The Morgan fingerprint density at radius 3 is 2.33 bits per heavy atom. The predicted molar refractivity (Wildman–Crippen MR) is 86.7 cm³/mol. The molecule has 0 aliphatic heterocycles. The van der Waals surface area contributed by atoms with Crippen LogP contribution in [0.3, 0.4) is 0 Å². The van der Waals surface area contributed by atoms with Crippen molar-refractivity contribution in [3.63, 3.8) is 0 Å². The van der Waals surface area contributed by atoms with Crippen molar-refractivity contribution in [1.82, 2.24) is 4.98 Å². The standard InChI is InChI=1S/C17H28N2O2/c1-6-15(7-2)19(12-13(4)5)16-10-9-14(11-18-16)17(20)21-8-3/h9-11,13,15H,6-8,12H2,1-5H3. The zero-order valence-electron chi connectivity index (χ0n) is 13.9. The van der Waals surface area contributed by atoms with E-state index in [4.69, 9.17) is 4.74 Å². The van der Waals surface area contributed by atoms with Crippen molar-refractivity contribution in [1.29, 1.82) is 0 Å². The minimum atomic E-state index is -0.311. The topological polar surface area (TPSA) is 42.4 Å². The first-order valence-corrected chi connectivity index (χ1v) is 7.93. The second-order valence-corrected chi connectivity index (χ2v) is 5.64. The smallest absolute Gasteiger partial charge is 0.339 e. The maximum absolute atomic E-state index is 11.7. The summed E-state index contributed by atoms with van der Waals surface area (Å²) in [6.45, 7) is 12.0. The Bertz CT molecular complexity index is 425. The molecule has 0 aliphatic carbocycles. The molecule has 0 spiro atoms. The molecule has 0 bridgehead atoms. The normalized spacial score (nSPS) is 11.0. The molecular formula is C17H28N2O2. The fourth-order valence-corrected chi connectivity index (χ4v) is 2.44. The van der Waals surface area contributed by atoms with Gasteiger partial charge in [0.2, 0.25) is 0 Å². The molecule has 1 rings (SSSR count). The molecule has 4 nitrogen and oxygen atoms in total. The van der Waals surface area contributed by atoms with Gasteiger partial charge in [-0.2, -0.15) is 0 Å². The maximum atomic E-state index is 11.7. The largest absolute Gasteiger partial charge is 0.462 e. The first kappa shape index (κ1) is 17.5. The van der Waals surface area contributed by atoms with Crippen molar-refractivity contribution in [2.45, 2.75) is 53.5 Å². The molecule has 0 fully saturated rings. The van der Waals surface area contributed by atoms with Gasteiger partial charge in [0.05, 0.1) is 12.2 Å². The van der Waals surface area contributed by atoms with Crippen LogP contribution in [-0.4, -0.2) is 30.1 Å². The van der Waals surface area contributed by atoms with Gasteiger partial charge in [-0.15, -0.1) is 0 Å². The molecule has 0 amide bonds.